The second kappa shape index (κ2) is 9.22. The number of halogens is 2. The van der Waals surface area contributed by atoms with Crippen LogP contribution in [0.4, 0.5) is 0 Å². The average Bonchev–Trinajstić information content (AvgIpc) is 3.28. The Balaban J connectivity index is 1.72. The Bertz CT molecular complexity index is 1480. The zero-order chi connectivity index (χ0) is 23.8. The fourth-order valence-electron chi connectivity index (χ4n) is 4.34. The van der Waals surface area contributed by atoms with Crippen molar-refractivity contribution in [2.75, 3.05) is 7.05 Å². The summed E-state index contributed by atoms with van der Waals surface area (Å²) in [5.74, 6) is 0. The zero-order valence-electron chi connectivity index (χ0n) is 18.2. The Morgan fingerprint density at radius 1 is 1.00 bits per heavy atom. The van der Waals surface area contributed by atoms with Crippen molar-refractivity contribution >= 4 is 57.1 Å². The number of thiocarbonyl (C=S) groups is 1. The molecule has 8 heteroatoms. The molecule has 0 radical (unpaired) electrons. The van der Waals surface area contributed by atoms with Crippen LogP contribution in [0.2, 0.25) is 10.0 Å². The van der Waals surface area contributed by atoms with Crippen LogP contribution < -0.4 is 10.9 Å². The number of aromatic nitrogens is 1. The number of nitrogens with zero attached hydrogens (tertiary/aromatic N) is 2. The first-order valence-electron chi connectivity index (χ1n) is 10.7. The van der Waals surface area contributed by atoms with E-state index in [0.29, 0.717) is 32.9 Å². The topological polar surface area (TPSA) is 60.5 Å². The van der Waals surface area contributed by atoms with Crippen molar-refractivity contribution in [3.63, 3.8) is 0 Å². The highest BCUT2D eigenvalue weighted by Crippen LogP contribution is 2.37. The van der Waals surface area contributed by atoms with Crippen molar-refractivity contribution in [2.45, 2.75) is 12.5 Å². The van der Waals surface area contributed by atoms with Crippen LogP contribution in [-0.2, 0) is 0 Å². The number of fused-ring (bicyclic) bond motifs is 1. The van der Waals surface area contributed by atoms with E-state index < -0.39 is 0 Å². The SMILES string of the molecule is CNC(=S)N1N=C(c2c(-c3ccc(Cl)cc3)c3ccccc3[nH]c2=O)C[C@H]1c1ccc(Cl)cc1. The van der Waals surface area contributed by atoms with Crippen molar-refractivity contribution < 1.29 is 0 Å². The molecule has 34 heavy (non-hydrogen) atoms. The number of nitrogens with one attached hydrogen (secondary N) is 2. The van der Waals surface area contributed by atoms with Crippen LogP contribution in [0.3, 0.4) is 0 Å². The van der Waals surface area contributed by atoms with Crippen molar-refractivity contribution in [2.24, 2.45) is 5.10 Å². The van der Waals surface area contributed by atoms with Gasteiger partial charge in [0.15, 0.2) is 5.11 Å². The van der Waals surface area contributed by atoms with Gasteiger partial charge < -0.3 is 10.3 Å². The number of hydrogen-bond donors (Lipinski definition) is 2. The van der Waals surface area contributed by atoms with Crippen LogP contribution >= 0.6 is 35.4 Å². The molecule has 5 rings (SSSR count). The van der Waals surface area contributed by atoms with E-state index >= 15 is 0 Å². The smallest absolute Gasteiger partial charge is 0.258 e. The second-order valence-corrected chi connectivity index (χ2v) is 9.23. The third-order valence-corrected chi connectivity index (χ3v) is 6.83. The molecule has 1 aliphatic heterocycles. The number of H-pyrrole nitrogens is 1. The van der Waals surface area contributed by atoms with Gasteiger partial charge in [0.05, 0.1) is 17.3 Å². The summed E-state index contributed by atoms with van der Waals surface area (Å²) in [4.78, 5) is 16.5. The maximum Gasteiger partial charge on any atom is 0.258 e. The maximum absolute atomic E-state index is 13.5. The number of pyridine rings is 1. The number of hydrazone groups is 1. The summed E-state index contributed by atoms with van der Waals surface area (Å²) in [5.41, 5.74) is 4.47. The Labute approximate surface area is 212 Å². The molecule has 0 saturated heterocycles. The molecule has 2 heterocycles. The first-order chi connectivity index (χ1) is 16.5. The van der Waals surface area contributed by atoms with Crippen molar-refractivity contribution in [1.82, 2.24) is 15.3 Å². The minimum absolute atomic E-state index is 0.170. The van der Waals surface area contributed by atoms with Crippen molar-refractivity contribution in [1.29, 1.82) is 0 Å². The summed E-state index contributed by atoms with van der Waals surface area (Å²) in [5, 5.41) is 12.3. The van der Waals surface area contributed by atoms with Crippen LogP contribution in [0.25, 0.3) is 22.0 Å². The lowest BCUT2D eigenvalue weighted by atomic mass is 9.91. The van der Waals surface area contributed by atoms with Gasteiger partial charge in [0.2, 0.25) is 0 Å². The monoisotopic (exact) mass is 506 g/mol. The quantitative estimate of drug-likeness (QED) is 0.326. The lowest BCUT2D eigenvalue weighted by Gasteiger charge is -2.23. The molecule has 0 aliphatic carbocycles. The summed E-state index contributed by atoms with van der Waals surface area (Å²) in [6.45, 7) is 0. The van der Waals surface area contributed by atoms with E-state index in [1.807, 2.05) is 72.8 Å². The number of benzene rings is 3. The predicted octanol–water partition coefficient (Wildman–Crippen LogP) is 6.16. The normalized spacial score (nSPS) is 15.4. The van der Waals surface area contributed by atoms with E-state index in [2.05, 4.69) is 10.3 Å². The number of para-hydroxylation sites is 1. The lowest BCUT2D eigenvalue weighted by Crippen LogP contribution is -2.34. The zero-order valence-corrected chi connectivity index (χ0v) is 20.5. The molecule has 0 spiro atoms. The first-order valence-corrected chi connectivity index (χ1v) is 11.9. The standard InChI is InChI=1S/C26H20Cl2N4OS/c1-29-26(34)32-22(15-6-10-17(27)11-7-15)14-21(31-32)24-23(16-8-12-18(28)13-9-16)19-4-2-3-5-20(19)30-25(24)33/h2-13,22H,14H2,1H3,(H,29,34)(H,30,33)/t22-/m0/s1. The van der Waals surface area contributed by atoms with Crippen LogP contribution in [0.5, 0.6) is 0 Å². The van der Waals surface area contributed by atoms with Gasteiger partial charge in [0.1, 0.15) is 0 Å². The van der Waals surface area contributed by atoms with Gasteiger partial charge in [-0.25, -0.2) is 5.01 Å². The van der Waals surface area contributed by atoms with Crippen LogP contribution in [-0.4, -0.2) is 27.9 Å². The fourth-order valence-corrected chi connectivity index (χ4v) is 4.76. The molecule has 1 aromatic heterocycles. The van der Waals surface area contributed by atoms with E-state index in [1.54, 1.807) is 12.1 Å². The van der Waals surface area contributed by atoms with Gasteiger partial charge >= 0.3 is 0 Å². The molecule has 0 unspecified atom stereocenters. The van der Waals surface area contributed by atoms with E-state index in [4.69, 9.17) is 40.5 Å². The Morgan fingerprint density at radius 2 is 1.65 bits per heavy atom. The molecular weight excluding hydrogens is 487 g/mol. The van der Waals surface area contributed by atoms with E-state index in [-0.39, 0.29) is 11.6 Å². The maximum atomic E-state index is 13.5. The van der Waals surface area contributed by atoms with Gasteiger partial charge in [-0.3, -0.25) is 4.79 Å². The molecule has 170 valence electrons. The number of rotatable bonds is 3. The van der Waals surface area contributed by atoms with Gasteiger partial charge in [-0.2, -0.15) is 5.10 Å². The highest BCUT2D eigenvalue weighted by atomic mass is 35.5. The van der Waals surface area contributed by atoms with Crippen molar-refractivity contribution in [3.05, 3.63) is 104 Å². The fraction of sp³-hybridized carbons (Fsp3) is 0.115. The molecule has 0 amide bonds. The Morgan fingerprint density at radius 3 is 2.32 bits per heavy atom. The molecule has 5 nitrogen and oxygen atoms in total. The summed E-state index contributed by atoms with van der Waals surface area (Å²) >= 11 is 17.8. The molecule has 2 N–H and O–H groups in total. The molecule has 1 aliphatic rings. The number of hydrogen-bond acceptors (Lipinski definition) is 3. The van der Waals surface area contributed by atoms with E-state index in [9.17, 15) is 4.79 Å². The Hall–Kier alpha value is -3.19. The highest BCUT2D eigenvalue weighted by molar-refractivity contribution is 7.80. The van der Waals surface area contributed by atoms with Crippen LogP contribution in [0.1, 0.15) is 23.6 Å². The third-order valence-electron chi connectivity index (χ3n) is 5.93. The minimum Gasteiger partial charge on any atom is -0.364 e. The molecular formula is C26H20Cl2N4OS. The van der Waals surface area contributed by atoms with Gasteiger partial charge in [0.25, 0.3) is 5.56 Å². The molecule has 0 bridgehead atoms. The van der Waals surface area contributed by atoms with E-state index in [1.165, 1.54) is 0 Å². The number of aromatic amines is 1. The predicted molar refractivity (Wildman–Crippen MR) is 144 cm³/mol. The average molecular weight is 507 g/mol. The largest absolute Gasteiger partial charge is 0.364 e. The molecule has 4 aromatic rings. The van der Waals surface area contributed by atoms with Gasteiger partial charge in [-0.05, 0) is 53.7 Å². The third kappa shape index (κ3) is 4.09. The lowest BCUT2D eigenvalue weighted by molar-refractivity contribution is 0.367. The van der Waals surface area contributed by atoms with E-state index in [0.717, 1.165) is 27.6 Å². The van der Waals surface area contributed by atoms with Crippen LogP contribution in [0, 0.1) is 0 Å². The van der Waals surface area contributed by atoms with Gasteiger partial charge in [0, 0.05) is 40.0 Å². The highest BCUT2D eigenvalue weighted by Gasteiger charge is 2.33. The minimum atomic E-state index is -0.200. The first kappa shape index (κ1) is 22.6. The summed E-state index contributed by atoms with van der Waals surface area (Å²) in [6, 6.07) is 22.7. The molecule has 0 saturated carbocycles. The van der Waals surface area contributed by atoms with Gasteiger partial charge in [-0.15, -0.1) is 0 Å². The van der Waals surface area contributed by atoms with Crippen molar-refractivity contribution in [3.8, 4) is 11.1 Å². The second-order valence-electron chi connectivity index (χ2n) is 7.97. The molecule has 3 aromatic carbocycles. The molecule has 0 fully saturated rings. The summed E-state index contributed by atoms with van der Waals surface area (Å²) in [7, 11) is 1.76. The summed E-state index contributed by atoms with van der Waals surface area (Å²) in [6.07, 6.45) is 0.505. The molecule has 1 atom stereocenters. The van der Waals surface area contributed by atoms with Gasteiger partial charge in [-0.1, -0.05) is 65.7 Å². The van der Waals surface area contributed by atoms with Crippen LogP contribution in [0.15, 0.2) is 82.7 Å². The summed E-state index contributed by atoms with van der Waals surface area (Å²) < 4.78 is 0. The Kier molecular flexibility index (Phi) is 6.13.